The predicted octanol–water partition coefficient (Wildman–Crippen LogP) is 2.06. The number of benzene rings is 1. The van der Waals surface area contributed by atoms with E-state index in [-0.39, 0.29) is 94.4 Å². The summed E-state index contributed by atoms with van der Waals surface area (Å²) in [7, 11) is 2.01. The van der Waals surface area contributed by atoms with E-state index in [1.54, 1.807) is 0 Å². The minimum atomic E-state index is -0.605. The normalized spacial score (nSPS) is 15.7. The second-order valence-electron chi connectivity index (χ2n) is 12.4. The van der Waals surface area contributed by atoms with Crippen LogP contribution in [0.2, 0.25) is 0 Å². The topological polar surface area (TPSA) is 189 Å². The molecule has 18 heteroatoms. The minimum Gasteiger partial charge on any atom is -0.487 e. The van der Waals surface area contributed by atoms with Crippen molar-refractivity contribution in [2.75, 3.05) is 97.3 Å². The summed E-state index contributed by atoms with van der Waals surface area (Å²) < 4.78 is 35.8. The van der Waals surface area contributed by atoms with E-state index < -0.39 is 17.2 Å². The molecule has 4 heterocycles. The van der Waals surface area contributed by atoms with Crippen molar-refractivity contribution >= 4 is 34.3 Å². The van der Waals surface area contributed by atoms with E-state index in [0.717, 1.165) is 13.1 Å². The van der Waals surface area contributed by atoms with Crippen molar-refractivity contribution in [3.8, 4) is 5.75 Å². The number of nitrogens with zero attached hydrogens (tertiary/aromatic N) is 9. The summed E-state index contributed by atoms with van der Waals surface area (Å²) in [6, 6.07) is 1.02. The molecule has 1 atom stereocenters. The third kappa shape index (κ3) is 9.21. The molecule has 274 valence electrons. The number of aromatic nitrogens is 3. The molecule has 1 aromatic carbocycles. The van der Waals surface area contributed by atoms with E-state index in [2.05, 4.69) is 25.2 Å². The molecule has 1 fully saturated rings. The molecule has 0 unspecified atom stereocenters. The zero-order valence-corrected chi connectivity index (χ0v) is 28.8. The van der Waals surface area contributed by atoms with Crippen molar-refractivity contribution in [3.05, 3.63) is 63.0 Å². The van der Waals surface area contributed by atoms with Crippen LogP contribution in [-0.4, -0.2) is 134 Å². The monoisotopic (exact) mass is 710 g/mol. The molecule has 2 aliphatic rings. The Morgan fingerprint density at radius 1 is 1.18 bits per heavy atom. The van der Waals surface area contributed by atoms with Gasteiger partial charge in [-0.05, 0) is 32.0 Å². The summed E-state index contributed by atoms with van der Waals surface area (Å²) in [4.78, 5) is 63.9. The van der Waals surface area contributed by atoms with Gasteiger partial charge in [0.05, 0.1) is 36.8 Å². The fourth-order valence-corrected chi connectivity index (χ4v) is 6.01. The van der Waals surface area contributed by atoms with Gasteiger partial charge >= 0.3 is 0 Å². The van der Waals surface area contributed by atoms with Crippen LogP contribution in [-0.2, 0) is 14.3 Å². The van der Waals surface area contributed by atoms with Crippen LogP contribution in [0, 0.1) is 5.82 Å². The number of halogens is 1. The predicted molar refractivity (Wildman–Crippen MR) is 185 cm³/mol. The van der Waals surface area contributed by atoms with Gasteiger partial charge in [0, 0.05) is 82.3 Å². The van der Waals surface area contributed by atoms with Crippen LogP contribution in [0.5, 0.6) is 5.75 Å². The third-order valence-corrected chi connectivity index (χ3v) is 8.83. The number of hydrogen-bond acceptors (Lipinski definition) is 11. The van der Waals surface area contributed by atoms with Crippen molar-refractivity contribution in [2.24, 2.45) is 5.11 Å². The van der Waals surface area contributed by atoms with Crippen LogP contribution in [0.15, 0.2) is 40.9 Å². The number of anilines is 1. The number of ether oxygens (including phenoxy) is 3. The van der Waals surface area contributed by atoms with Gasteiger partial charge in [0.1, 0.15) is 30.8 Å². The molecule has 2 amide bonds. The average Bonchev–Trinajstić information content (AvgIpc) is 3.67. The Morgan fingerprint density at radius 2 is 1.96 bits per heavy atom. The highest BCUT2D eigenvalue weighted by Crippen LogP contribution is 2.42. The Balaban J connectivity index is 1.09. The second-order valence-corrected chi connectivity index (χ2v) is 12.4. The van der Waals surface area contributed by atoms with Crippen molar-refractivity contribution in [1.82, 2.24) is 29.2 Å². The molecule has 1 N–H and O–H groups in total. The van der Waals surface area contributed by atoms with Gasteiger partial charge in [-0.3, -0.25) is 23.7 Å². The summed E-state index contributed by atoms with van der Waals surface area (Å²) in [6.07, 6.45) is 6.44. The molecule has 0 radical (unpaired) electrons. The molecule has 0 spiro atoms. The van der Waals surface area contributed by atoms with E-state index in [9.17, 15) is 19.2 Å². The van der Waals surface area contributed by atoms with Crippen LogP contribution in [0.1, 0.15) is 41.0 Å². The summed E-state index contributed by atoms with van der Waals surface area (Å²) in [6.45, 7) is 5.83. The molecular weight excluding hydrogens is 667 g/mol. The Labute approximate surface area is 293 Å². The van der Waals surface area contributed by atoms with Gasteiger partial charge in [0.15, 0.2) is 11.6 Å². The summed E-state index contributed by atoms with van der Waals surface area (Å²) >= 11 is 0. The molecule has 3 aromatic rings. The van der Waals surface area contributed by atoms with Gasteiger partial charge in [-0.15, -0.1) is 0 Å². The molecule has 0 aliphatic carbocycles. The fourth-order valence-electron chi connectivity index (χ4n) is 6.01. The molecule has 17 nitrogen and oxygen atoms in total. The number of hydrogen-bond donors (Lipinski definition) is 1. The van der Waals surface area contributed by atoms with Gasteiger partial charge in [0.25, 0.3) is 5.91 Å². The maximum Gasteiger partial charge on any atom is 0.256 e. The standard InChI is InChI=1S/C33H43FN10O7/c1-23-20-51-32-29-24(18-26(34)30(32)42-13-11-40(2)12-14-42)31(47)25(19-44(23)29)33(48)37-7-15-49-16-17-50-21-28(46)41(8-3-5-38-39-35)9-4-27(45)43-10-6-36-22-43/h6,10,18-19,22-23H,3-5,7-9,11-17,20-21H2,1-2H3,(H,37,48)/t23-/m0/s1. The fraction of sp³-hybridized carbons (Fsp3) is 0.545. The van der Waals surface area contributed by atoms with Crippen molar-refractivity contribution in [2.45, 2.75) is 25.8 Å². The maximum atomic E-state index is 15.6. The highest BCUT2D eigenvalue weighted by atomic mass is 19.1. The number of piperazine rings is 1. The minimum absolute atomic E-state index is 0.0781. The smallest absolute Gasteiger partial charge is 0.256 e. The van der Waals surface area contributed by atoms with Crippen molar-refractivity contribution in [1.29, 1.82) is 0 Å². The van der Waals surface area contributed by atoms with Gasteiger partial charge in [-0.2, -0.15) is 0 Å². The van der Waals surface area contributed by atoms with Crippen LogP contribution < -0.4 is 20.4 Å². The van der Waals surface area contributed by atoms with Gasteiger partial charge in [-0.1, -0.05) is 5.11 Å². The highest BCUT2D eigenvalue weighted by Gasteiger charge is 2.31. The van der Waals surface area contributed by atoms with E-state index in [1.165, 1.54) is 40.5 Å². The lowest BCUT2D eigenvalue weighted by Crippen LogP contribution is -2.45. The maximum absolute atomic E-state index is 15.6. The lowest BCUT2D eigenvalue weighted by atomic mass is 10.0. The Bertz CT molecular complexity index is 1800. The van der Waals surface area contributed by atoms with Gasteiger partial charge in [0.2, 0.25) is 17.2 Å². The number of imidazole rings is 1. The number of likely N-dealkylation sites (N-methyl/N-ethyl adjacent to an activating group) is 1. The molecule has 0 bridgehead atoms. The zero-order chi connectivity index (χ0) is 36.3. The van der Waals surface area contributed by atoms with Gasteiger partial charge < -0.3 is 38.8 Å². The first kappa shape index (κ1) is 37.2. The second kappa shape index (κ2) is 17.8. The summed E-state index contributed by atoms with van der Waals surface area (Å²) in [5.74, 6) is -1.39. The van der Waals surface area contributed by atoms with Crippen molar-refractivity contribution < 1.29 is 33.0 Å². The number of azide groups is 1. The van der Waals surface area contributed by atoms with Crippen LogP contribution in [0.3, 0.4) is 0 Å². The highest BCUT2D eigenvalue weighted by molar-refractivity contribution is 6.00. The van der Waals surface area contributed by atoms with E-state index in [0.29, 0.717) is 36.5 Å². The average molecular weight is 711 g/mol. The molecule has 5 rings (SSSR count). The zero-order valence-electron chi connectivity index (χ0n) is 28.8. The number of pyridine rings is 1. The molecule has 0 saturated carbocycles. The van der Waals surface area contributed by atoms with Crippen LogP contribution in [0.25, 0.3) is 21.3 Å². The molecule has 1 saturated heterocycles. The van der Waals surface area contributed by atoms with Crippen LogP contribution >= 0.6 is 0 Å². The molecule has 51 heavy (non-hydrogen) atoms. The number of nitrogens with one attached hydrogen (secondary N) is 1. The Kier molecular flexibility index (Phi) is 13.0. The first-order valence-corrected chi connectivity index (χ1v) is 16.9. The van der Waals surface area contributed by atoms with E-state index >= 15 is 4.39 Å². The third-order valence-electron chi connectivity index (χ3n) is 8.83. The summed E-state index contributed by atoms with van der Waals surface area (Å²) in [5, 5.41) is 6.26. The Morgan fingerprint density at radius 3 is 2.71 bits per heavy atom. The largest absolute Gasteiger partial charge is 0.487 e. The molecule has 2 aromatic heterocycles. The lowest BCUT2D eigenvalue weighted by Gasteiger charge is -2.37. The van der Waals surface area contributed by atoms with Gasteiger partial charge in [-0.25, -0.2) is 9.37 Å². The van der Waals surface area contributed by atoms with Crippen LogP contribution in [0.4, 0.5) is 10.1 Å². The first-order valence-electron chi connectivity index (χ1n) is 16.9. The number of rotatable bonds is 17. The van der Waals surface area contributed by atoms with E-state index in [4.69, 9.17) is 19.7 Å². The Hall–Kier alpha value is -5.03. The summed E-state index contributed by atoms with van der Waals surface area (Å²) in [5.41, 5.74) is 8.64. The number of carbonyl (C=O) groups is 3. The lowest BCUT2D eigenvalue weighted by molar-refractivity contribution is -0.136. The molecular formula is C33H43FN10O7. The number of amides is 2. The van der Waals surface area contributed by atoms with E-state index in [1.807, 2.05) is 23.4 Å². The van der Waals surface area contributed by atoms with Crippen molar-refractivity contribution in [3.63, 3.8) is 0 Å². The first-order chi connectivity index (χ1) is 24.7. The number of carbonyl (C=O) groups excluding carboxylic acids is 3. The SMILES string of the molecule is C[C@H]1COc2c(N3CCN(C)CC3)c(F)cc3c(=O)c(C(=O)NCCOCCOCC(=O)N(CCCN=[N+]=[N-])CCC(=O)n4ccnc4)cn1c23. The molecule has 2 aliphatic heterocycles. The quantitative estimate of drug-likeness (QED) is 0.0940.